The summed E-state index contributed by atoms with van der Waals surface area (Å²) in [6.45, 7) is 3.59. The molecule has 1 aliphatic heterocycles. The van der Waals surface area contributed by atoms with Gasteiger partial charge in [0.25, 0.3) is 5.91 Å². The number of benzene rings is 2. The first-order chi connectivity index (χ1) is 14.4. The topological polar surface area (TPSA) is 75.7 Å². The maximum Gasteiger partial charge on any atom is 0.251 e. The molecule has 1 amide bonds. The standard InChI is InChI=1S/C23H30N2O4S/c1-18-8-9-21(17-22(18)23(26)24-12-15-29-2)30(27,28)25-13-10-20(11-14-25)16-19-6-4-3-5-7-19/h3-9,17,20H,10-16H2,1-2H3,(H,24,26). The Bertz CT molecular complexity index is 952. The van der Waals surface area contributed by atoms with Gasteiger partial charge in [-0.05, 0) is 55.4 Å². The smallest absolute Gasteiger partial charge is 0.251 e. The van der Waals surface area contributed by atoms with Crippen LogP contribution in [0.5, 0.6) is 0 Å². The molecule has 1 fully saturated rings. The van der Waals surface area contributed by atoms with Crippen LogP contribution in [0.2, 0.25) is 0 Å². The van der Waals surface area contributed by atoms with E-state index < -0.39 is 10.0 Å². The van der Waals surface area contributed by atoms with E-state index in [1.54, 1.807) is 30.5 Å². The van der Waals surface area contributed by atoms with Crippen molar-refractivity contribution in [1.82, 2.24) is 9.62 Å². The molecule has 162 valence electrons. The molecule has 6 nitrogen and oxygen atoms in total. The maximum absolute atomic E-state index is 13.2. The van der Waals surface area contributed by atoms with E-state index in [0.29, 0.717) is 37.7 Å². The average molecular weight is 431 g/mol. The fraction of sp³-hybridized carbons (Fsp3) is 0.435. The molecule has 1 heterocycles. The van der Waals surface area contributed by atoms with Crippen molar-refractivity contribution in [1.29, 1.82) is 0 Å². The minimum atomic E-state index is -3.63. The van der Waals surface area contributed by atoms with Gasteiger partial charge in [0.2, 0.25) is 10.0 Å². The lowest BCUT2D eigenvalue weighted by Crippen LogP contribution is -2.39. The lowest BCUT2D eigenvalue weighted by Gasteiger charge is -2.31. The third-order valence-corrected chi connectivity index (χ3v) is 7.52. The summed E-state index contributed by atoms with van der Waals surface area (Å²) in [6, 6.07) is 15.1. The summed E-state index contributed by atoms with van der Waals surface area (Å²) < 4.78 is 32.8. The first-order valence-corrected chi connectivity index (χ1v) is 11.8. The van der Waals surface area contributed by atoms with Crippen molar-refractivity contribution in [3.05, 3.63) is 65.2 Å². The molecule has 1 aliphatic rings. The second-order valence-corrected chi connectivity index (χ2v) is 9.70. The summed E-state index contributed by atoms with van der Waals surface area (Å²) in [6.07, 6.45) is 2.65. The fourth-order valence-electron chi connectivity index (χ4n) is 3.82. The molecule has 30 heavy (non-hydrogen) atoms. The number of nitrogens with one attached hydrogen (secondary N) is 1. The van der Waals surface area contributed by atoms with Gasteiger partial charge in [-0.3, -0.25) is 4.79 Å². The predicted molar refractivity (Wildman–Crippen MR) is 117 cm³/mol. The first kappa shape index (κ1) is 22.5. The lowest BCUT2D eigenvalue weighted by atomic mass is 9.91. The molecule has 0 saturated carbocycles. The van der Waals surface area contributed by atoms with E-state index in [0.717, 1.165) is 24.8 Å². The van der Waals surface area contributed by atoms with E-state index in [2.05, 4.69) is 17.4 Å². The van der Waals surface area contributed by atoms with E-state index in [9.17, 15) is 13.2 Å². The number of nitrogens with zero attached hydrogens (tertiary/aromatic N) is 1. The number of rotatable bonds is 8. The molecule has 0 spiro atoms. The van der Waals surface area contributed by atoms with Gasteiger partial charge in [0.15, 0.2) is 0 Å². The molecule has 0 aliphatic carbocycles. The molecule has 2 aromatic carbocycles. The number of hydrogen-bond acceptors (Lipinski definition) is 4. The van der Waals surface area contributed by atoms with Crippen LogP contribution >= 0.6 is 0 Å². The van der Waals surface area contributed by atoms with Gasteiger partial charge < -0.3 is 10.1 Å². The van der Waals surface area contributed by atoms with Crippen molar-refractivity contribution < 1.29 is 17.9 Å². The minimum absolute atomic E-state index is 0.173. The molecule has 0 aromatic heterocycles. The second kappa shape index (κ2) is 10.2. The lowest BCUT2D eigenvalue weighted by molar-refractivity contribution is 0.0936. The molecule has 1 saturated heterocycles. The second-order valence-electron chi connectivity index (χ2n) is 7.76. The number of methoxy groups -OCH3 is 1. The number of amides is 1. The summed E-state index contributed by atoms with van der Waals surface area (Å²) in [5.41, 5.74) is 2.41. The van der Waals surface area contributed by atoms with E-state index in [1.165, 1.54) is 11.6 Å². The summed E-state index contributed by atoms with van der Waals surface area (Å²) in [5, 5.41) is 2.76. The molecule has 3 rings (SSSR count). The van der Waals surface area contributed by atoms with Crippen LogP contribution in [-0.2, 0) is 21.2 Å². The molecular formula is C23H30N2O4S. The number of carbonyl (C=O) groups excluding carboxylic acids is 1. The third-order valence-electron chi connectivity index (χ3n) is 5.62. The molecule has 7 heteroatoms. The van der Waals surface area contributed by atoms with Gasteiger partial charge in [-0.1, -0.05) is 36.4 Å². The normalized spacial score (nSPS) is 15.8. The summed E-state index contributed by atoms with van der Waals surface area (Å²) in [4.78, 5) is 12.6. The van der Waals surface area contributed by atoms with Crippen molar-refractivity contribution in [3.8, 4) is 0 Å². The van der Waals surface area contributed by atoms with Crippen LogP contribution in [0.25, 0.3) is 0 Å². The van der Waals surface area contributed by atoms with E-state index in [4.69, 9.17) is 4.74 Å². The van der Waals surface area contributed by atoms with Crippen LogP contribution < -0.4 is 5.32 Å². The fourth-order valence-corrected chi connectivity index (χ4v) is 5.31. The number of hydrogen-bond donors (Lipinski definition) is 1. The van der Waals surface area contributed by atoms with Crippen LogP contribution in [0.1, 0.15) is 34.3 Å². The zero-order valence-electron chi connectivity index (χ0n) is 17.6. The van der Waals surface area contributed by atoms with Crippen LogP contribution in [-0.4, -0.2) is 52.0 Å². The Morgan fingerprint density at radius 1 is 1.13 bits per heavy atom. The van der Waals surface area contributed by atoms with E-state index >= 15 is 0 Å². The average Bonchev–Trinajstić information content (AvgIpc) is 2.75. The van der Waals surface area contributed by atoms with Crippen molar-refractivity contribution >= 4 is 15.9 Å². The molecule has 2 aromatic rings. The monoisotopic (exact) mass is 430 g/mol. The maximum atomic E-state index is 13.2. The van der Waals surface area contributed by atoms with Crippen molar-refractivity contribution in [3.63, 3.8) is 0 Å². The highest BCUT2D eigenvalue weighted by atomic mass is 32.2. The molecule has 0 radical (unpaired) electrons. The Hall–Kier alpha value is -2.22. The molecule has 0 atom stereocenters. The number of carbonyl (C=O) groups is 1. The number of aryl methyl sites for hydroxylation is 1. The Kier molecular flexibility index (Phi) is 7.64. The van der Waals surface area contributed by atoms with Gasteiger partial charge in [-0.25, -0.2) is 8.42 Å². The van der Waals surface area contributed by atoms with E-state index in [-0.39, 0.29) is 10.8 Å². The van der Waals surface area contributed by atoms with Gasteiger partial charge in [-0.15, -0.1) is 0 Å². The van der Waals surface area contributed by atoms with Gasteiger partial charge in [-0.2, -0.15) is 4.31 Å². The summed E-state index contributed by atoms with van der Waals surface area (Å²) in [5.74, 6) is 0.196. The Labute approximate surface area is 179 Å². The van der Waals surface area contributed by atoms with Crippen LogP contribution in [0.15, 0.2) is 53.4 Å². The number of sulfonamides is 1. The van der Waals surface area contributed by atoms with Gasteiger partial charge in [0, 0.05) is 32.3 Å². The summed E-state index contributed by atoms with van der Waals surface area (Å²) >= 11 is 0. The zero-order valence-corrected chi connectivity index (χ0v) is 18.5. The van der Waals surface area contributed by atoms with Crippen LogP contribution in [0.4, 0.5) is 0 Å². The largest absolute Gasteiger partial charge is 0.383 e. The number of ether oxygens (including phenoxy) is 1. The Balaban J connectivity index is 1.67. The van der Waals surface area contributed by atoms with Gasteiger partial charge in [0.1, 0.15) is 0 Å². The molecule has 0 bridgehead atoms. The SMILES string of the molecule is COCCNC(=O)c1cc(S(=O)(=O)N2CCC(Cc3ccccc3)CC2)ccc1C. The highest BCUT2D eigenvalue weighted by molar-refractivity contribution is 7.89. The van der Waals surface area contributed by atoms with Gasteiger partial charge >= 0.3 is 0 Å². The van der Waals surface area contributed by atoms with Crippen LogP contribution in [0, 0.1) is 12.8 Å². The Morgan fingerprint density at radius 2 is 1.83 bits per heavy atom. The van der Waals surface area contributed by atoms with Gasteiger partial charge in [0.05, 0.1) is 11.5 Å². The minimum Gasteiger partial charge on any atom is -0.383 e. The first-order valence-electron chi connectivity index (χ1n) is 10.3. The quantitative estimate of drug-likeness (QED) is 0.653. The molecular weight excluding hydrogens is 400 g/mol. The number of piperidine rings is 1. The van der Waals surface area contributed by atoms with Crippen LogP contribution in [0.3, 0.4) is 0 Å². The van der Waals surface area contributed by atoms with E-state index in [1.807, 2.05) is 18.2 Å². The van der Waals surface area contributed by atoms with Crippen molar-refractivity contribution in [2.45, 2.75) is 31.1 Å². The van der Waals surface area contributed by atoms with Crippen molar-refractivity contribution in [2.75, 3.05) is 33.4 Å². The highest BCUT2D eigenvalue weighted by Crippen LogP contribution is 2.27. The van der Waals surface area contributed by atoms with Crippen molar-refractivity contribution in [2.24, 2.45) is 5.92 Å². The Morgan fingerprint density at radius 3 is 2.50 bits per heavy atom. The highest BCUT2D eigenvalue weighted by Gasteiger charge is 2.30. The predicted octanol–water partition coefficient (Wildman–Crippen LogP) is 3.01. The molecule has 1 N–H and O–H groups in total. The zero-order chi connectivity index (χ0) is 21.6. The molecule has 0 unspecified atom stereocenters. The third kappa shape index (κ3) is 5.47. The summed E-state index contributed by atoms with van der Waals surface area (Å²) in [7, 11) is -2.06.